The number of nitrogens with two attached hydrogens (primary N) is 1. The van der Waals surface area contributed by atoms with Gasteiger partial charge in [-0.2, -0.15) is 12.7 Å². The minimum absolute atomic E-state index is 0.0585. The summed E-state index contributed by atoms with van der Waals surface area (Å²) in [4.78, 5) is 56.2. The molecule has 2 atom stereocenters. The molecular formula is C13H15N5O10S2. The van der Waals surface area contributed by atoms with Crippen LogP contribution in [0.1, 0.15) is 5.69 Å². The van der Waals surface area contributed by atoms with Gasteiger partial charge in [-0.25, -0.2) is 14.6 Å². The van der Waals surface area contributed by atoms with Gasteiger partial charge in [-0.1, -0.05) is 5.16 Å². The normalized spacial score (nSPS) is 19.0. The van der Waals surface area contributed by atoms with Gasteiger partial charge in [-0.05, 0) is 0 Å². The average Bonchev–Trinajstić information content (AvgIpc) is 3.10. The summed E-state index contributed by atoms with van der Waals surface area (Å²) in [5.74, 6) is -4.43. The first kappa shape index (κ1) is 23.0. The van der Waals surface area contributed by atoms with Crippen molar-refractivity contribution < 1.29 is 46.5 Å². The van der Waals surface area contributed by atoms with E-state index < -0.39 is 58.5 Å². The number of nitrogens with zero attached hydrogens (tertiary/aromatic N) is 3. The molecule has 1 aliphatic rings. The molecule has 15 nitrogen and oxygen atoms in total. The Morgan fingerprint density at radius 3 is 2.53 bits per heavy atom. The first-order valence-electron chi connectivity index (χ1n) is 7.68. The fourth-order valence-corrected chi connectivity index (χ4v) is 3.62. The van der Waals surface area contributed by atoms with Gasteiger partial charge in [0.25, 0.3) is 11.8 Å². The highest BCUT2D eigenvalue weighted by Gasteiger charge is 2.58. The van der Waals surface area contributed by atoms with Crippen LogP contribution in [0.3, 0.4) is 0 Å². The number of rotatable bonds is 8. The van der Waals surface area contributed by atoms with Crippen molar-refractivity contribution in [2.45, 2.75) is 12.1 Å². The van der Waals surface area contributed by atoms with E-state index in [0.717, 1.165) is 25.6 Å². The number of hydrogen-bond acceptors (Lipinski definition) is 13. The largest absolute Gasteiger partial charge is 0.467 e. The molecule has 0 bridgehead atoms. The summed E-state index contributed by atoms with van der Waals surface area (Å²) in [6, 6.07) is -3.55. The summed E-state index contributed by atoms with van der Waals surface area (Å²) in [5.41, 5.74) is 4.89. The van der Waals surface area contributed by atoms with Gasteiger partial charge in [0, 0.05) is 5.38 Å². The van der Waals surface area contributed by atoms with E-state index in [1.165, 1.54) is 5.38 Å². The Labute approximate surface area is 172 Å². The van der Waals surface area contributed by atoms with E-state index in [-0.39, 0.29) is 15.1 Å². The third-order valence-electron chi connectivity index (χ3n) is 3.58. The van der Waals surface area contributed by atoms with E-state index >= 15 is 0 Å². The van der Waals surface area contributed by atoms with E-state index in [1.54, 1.807) is 0 Å². The average molecular weight is 465 g/mol. The molecule has 30 heavy (non-hydrogen) atoms. The zero-order valence-electron chi connectivity index (χ0n) is 15.3. The number of thiazole rings is 1. The Morgan fingerprint density at radius 1 is 1.37 bits per heavy atom. The van der Waals surface area contributed by atoms with Crippen molar-refractivity contribution in [3.8, 4) is 0 Å². The lowest BCUT2D eigenvalue weighted by molar-refractivity contribution is -0.162. The van der Waals surface area contributed by atoms with Crippen molar-refractivity contribution in [3.63, 3.8) is 0 Å². The van der Waals surface area contributed by atoms with Crippen LogP contribution in [-0.2, 0) is 43.8 Å². The van der Waals surface area contributed by atoms with Gasteiger partial charge >= 0.3 is 22.2 Å². The molecule has 1 aliphatic heterocycles. The van der Waals surface area contributed by atoms with Crippen molar-refractivity contribution in [2.75, 3.05) is 26.6 Å². The molecule has 0 saturated carbocycles. The van der Waals surface area contributed by atoms with E-state index in [4.69, 9.17) is 15.1 Å². The van der Waals surface area contributed by atoms with Gasteiger partial charge in [0.1, 0.15) is 11.7 Å². The summed E-state index contributed by atoms with van der Waals surface area (Å²) >= 11 is 0.943. The molecule has 1 aromatic heterocycles. The second kappa shape index (κ2) is 9.01. The Morgan fingerprint density at radius 2 is 2.03 bits per heavy atom. The number of nitrogens with one attached hydrogen (secondary N) is 1. The molecule has 2 rings (SSSR count). The zero-order chi connectivity index (χ0) is 22.6. The molecule has 0 aromatic carbocycles. The van der Waals surface area contributed by atoms with Gasteiger partial charge in [0.15, 0.2) is 16.9 Å². The highest BCUT2D eigenvalue weighted by molar-refractivity contribution is 7.84. The minimum Gasteiger partial charge on any atom is -0.467 e. The fourth-order valence-electron chi connectivity index (χ4n) is 2.23. The predicted molar refractivity (Wildman–Crippen MR) is 97.2 cm³/mol. The lowest BCUT2D eigenvalue weighted by atomic mass is 9.98. The number of carbonyl (C=O) groups excluding carboxylic acids is 4. The van der Waals surface area contributed by atoms with E-state index in [1.807, 2.05) is 0 Å². The number of β-lactam (4-membered cyclic amide) rings is 1. The summed E-state index contributed by atoms with van der Waals surface area (Å²) < 4.78 is 40.3. The van der Waals surface area contributed by atoms with Gasteiger partial charge in [-0.3, -0.25) is 14.1 Å². The number of carbonyl (C=O) groups is 4. The van der Waals surface area contributed by atoms with Crippen LogP contribution in [0.5, 0.6) is 0 Å². The van der Waals surface area contributed by atoms with E-state index in [9.17, 15) is 27.6 Å². The van der Waals surface area contributed by atoms with E-state index in [0.29, 0.717) is 0 Å². The Kier molecular flexibility index (Phi) is 6.90. The molecule has 1 fully saturated rings. The summed E-state index contributed by atoms with van der Waals surface area (Å²) in [6.07, 6.45) is 0. The van der Waals surface area contributed by atoms with Crippen molar-refractivity contribution in [1.29, 1.82) is 0 Å². The number of oxime groups is 1. The number of hydrogen-bond donors (Lipinski definition) is 3. The van der Waals surface area contributed by atoms with E-state index in [2.05, 4.69) is 24.9 Å². The number of esters is 2. The molecule has 2 heterocycles. The second-order valence-electron chi connectivity index (χ2n) is 5.39. The molecule has 0 radical (unpaired) electrons. The molecule has 1 aromatic rings. The first-order chi connectivity index (χ1) is 14.0. The summed E-state index contributed by atoms with van der Waals surface area (Å²) in [7, 11) is -3.07. The van der Waals surface area contributed by atoms with Gasteiger partial charge in [0.05, 0.1) is 14.2 Å². The van der Waals surface area contributed by atoms with Crippen molar-refractivity contribution in [3.05, 3.63) is 11.1 Å². The van der Waals surface area contributed by atoms with Crippen LogP contribution < -0.4 is 11.1 Å². The monoisotopic (exact) mass is 465 g/mol. The smallest absolute Gasteiger partial charge is 0.363 e. The SMILES string of the molecule is COC(=O)CON=C(C(=O)N[C@H]1C(=O)N(S(=O)(=O)O)[C@H]1C(=O)OC)c1csc(N)n1. The Bertz CT molecular complexity index is 1000. The minimum atomic E-state index is -5.09. The standard InChI is InChI=1S/C13H15N5O10S2/c1-26-6(19)3-28-17-7(5-4-29-13(14)15-5)10(20)16-8-9(12(22)27-2)18(11(8)21)30(23,24)25/h4,8-9H,3H2,1-2H3,(H2,14,15)(H,16,20)(H,23,24,25)/t8-,9-/m1/s1. The van der Waals surface area contributed by atoms with Crippen LogP contribution in [0.2, 0.25) is 0 Å². The number of amides is 2. The number of aromatic nitrogens is 1. The molecule has 17 heteroatoms. The lowest BCUT2D eigenvalue weighted by Crippen LogP contribution is -2.74. The molecule has 0 aliphatic carbocycles. The fraction of sp³-hybridized carbons (Fsp3) is 0.385. The summed E-state index contributed by atoms with van der Waals surface area (Å²) in [6.45, 7) is -0.656. The third-order valence-corrected chi connectivity index (χ3v) is 5.15. The van der Waals surface area contributed by atoms with Crippen molar-refractivity contribution in [2.24, 2.45) is 5.16 Å². The molecule has 4 N–H and O–H groups in total. The highest BCUT2D eigenvalue weighted by Crippen LogP contribution is 2.25. The molecule has 0 spiro atoms. The lowest BCUT2D eigenvalue weighted by Gasteiger charge is -2.41. The first-order valence-corrected chi connectivity index (χ1v) is 9.96. The van der Waals surface area contributed by atoms with Crippen LogP contribution in [0.15, 0.2) is 10.5 Å². The zero-order valence-corrected chi connectivity index (χ0v) is 16.9. The molecule has 1 saturated heterocycles. The predicted octanol–water partition coefficient (Wildman–Crippen LogP) is -2.71. The van der Waals surface area contributed by atoms with Crippen LogP contribution in [-0.4, -0.2) is 84.6 Å². The van der Waals surface area contributed by atoms with Crippen LogP contribution in [0.4, 0.5) is 5.13 Å². The highest BCUT2D eigenvalue weighted by atomic mass is 32.2. The van der Waals surface area contributed by atoms with Crippen molar-refractivity contribution >= 4 is 56.2 Å². The van der Waals surface area contributed by atoms with Crippen LogP contribution >= 0.6 is 11.3 Å². The second-order valence-corrected chi connectivity index (χ2v) is 7.57. The summed E-state index contributed by atoms with van der Waals surface area (Å²) in [5, 5.41) is 6.94. The van der Waals surface area contributed by atoms with Crippen LogP contribution in [0.25, 0.3) is 0 Å². The maximum absolute atomic E-state index is 12.6. The third kappa shape index (κ3) is 4.81. The molecule has 164 valence electrons. The van der Waals surface area contributed by atoms with Crippen molar-refractivity contribution in [1.82, 2.24) is 14.6 Å². The maximum Gasteiger partial charge on any atom is 0.363 e. The van der Waals surface area contributed by atoms with Gasteiger partial charge in [-0.15, -0.1) is 11.3 Å². The van der Waals surface area contributed by atoms with Crippen LogP contribution in [0, 0.1) is 0 Å². The molecule has 2 amide bonds. The number of nitrogen functional groups attached to an aromatic ring is 1. The quantitative estimate of drug-likeness (QED) is 0.117. The number of ether oxygens (including phenoxy) is 2. The maximum atomic E-state index is 12.6. The molecule has 0 unspecified atom stereocenters. The number of anilines is 1. The number of methoxy groups -OCH3 is 2. The Hall–Kier alpha value is -3.31. The Balaban J connectivity index is 2.27. The van der Waals surface area contributed by atoms with Gasteiger partial charge in [0.2, 0.25) is 6.61 Å². The van der Waals surface area contributed by atoms with Gasteiger partial charge < -0.3 is 25.4 Å². The molecular weight excluding hydrogens is 450 g/mol. The topological polar surface area (TPSA) is 217 Å².